The second kappa shape index (κ2) is 10.1. The van der Waals surface area contributed by atoms with Gasteiger partial charge in [0.2, 0.25) is 5.91 Å². The zero-order valence-corrected chi connectivity index (χ0v) is 19.2. The summed E-state index contributed by atoms with van der Waals surface area (Å²) < 4.78 is 26.2. The highest BCUT2D eigenvalue weighted by atomic mass is 19.3. The molecule has 3 amide bonds. The van der Waals surface area contributed by atoms with Crippen LogP contribution in [-0.2, 0) is 10.2 Å². The first-order valence-electron chi connectivity index (χ1n) is 11.1. The number of imide groups is 1. The molecule has 4 unspecified atom stereocenters. The molecule has 32 heavy (non-hydrogen) atoms. The molecule has 7 nitrogen and oxygen atoms in total. The number of carbonyl (C=O) groups is 2. The first-order chi connectivity index (χ1) is 15.0. The van der Waals surface area contributed by atoms with Gasteiger partial charge in [0.15, 0.2) is 0 Å². The van der Waals surface area contributed by atoms with Gasteiger partial charge in [0, 0.05) is 17.4 Å². The average Bonchev–Trinajstić information content (AvgIpc) is 2.73. The van der Waals surface area contributed by atoms with Crippen molar-refractivity contribution in [1.29, 1.82) is 0 Å². The summed E-state index contributed by atoms with van der Waals surface area (Å²) in [5, 5.41) is 24.2. The molecule has 5 N–H and O–H groups in total. The van der Waals surface area contributed by atoms with Crippen LogP contribution >= 0.6 is 0 Å². The molecule has 1 aliphatic carbocycles. The number of hydrogen-bond donors (Lipinski definition) is 4. The summed E-state index contributed by atoms with van der Waals surface area (Å²) in [6.45, 7) is 7.46. The third-order valence-corrected chi connectivity index (χ3v) is 7.09. The molecule has 1 aromatic rings. The SMILES string of the molecule is CC.Cc1ccc(O)cc1C12CCN(CC(F)F)C(C)C1(O)CCC(C(=O)NC(N)=O)C2. The largest absolute Gasteiger partial charge is 0.508 e. The zero-order chi connectivity index (χ0) is 24.3. The predicted octanol–water partition coefficient (Wildman–Crippen LogP) is 3.05. The number of likely N-dealkylation sites (tertiary alicyclic amines) is 1. The van der Waals surface area contributed by atoms with E-state index in [1.807, 2.05) is 20.8 Å². The smallest absolute Gasteiger partial charge is 0.318 e. The molecular weight excluding hydrogens is 420 g/mol. The maximum atomic E-state index is 13.1. The highest BCUT2D eigenvalue weighted by Gasteiger charge is 2.62. The number of nitrogens with two attached hydrogens (primary N) is 1. The zero-order valence-electron chi connectivity index (χ0n) is 19.2. The van der Waals surface area contributed by atoms with Gasteiger partial charge in [-0.3, -0.25) is 15.0 Å². The molecule has 1 aliphatic heterocycles. The predicted molar refractivity (Wildman–Crippen MR) is 118 cm³/mol. The third kappa shape index (κ3) is 4.73. The minimum Gasteiger partial charge on any atom is -0.508 e. The summed E-state index contributed by atoms with van der Waals surface area (Å²) in [4.78, 5) is 25.3. The number of nitrogens with one attached hydrogen (secondary N) is 1. The van der Waals surface area contributed by atoms with Crippen molar-refractivity contribution in [1.82, 2.24) is 10.2 Å². The van der Waals surface area contributed by atoms with E-state index >= 15 is 0 Å². The molecule has 0 radical (unpaired) electrons. The molecule has 1 saturated carbocycles. The van der Waals surface area contributed by atoms with Crippen LogP contribution in [0.5, 0.6) is 5.75 Å². The Labute approximate surface area is 188 Å². The van der Waals surface area contributed by atoms with Gasteiger partial charge in [-0.25, -0.2) is 13.6 Å². The van der Waals surface area contributed by atoms with Crippen LogP contribution in [0, 0.1) is 12.8 Å². The molecule has 4 atom stereocenters. The Hall–Kier alpha value is -2.26. The van der Waals surface area contributed by atoms with E-state index in [2.05, 4.69) is 5.32 Å². The highest BCUT2D eigenvalue weighted by Crippen LogP contribution is 2.56. The average molecular weight is 456 g/mol. The second-order valence-electron chi connectivity index (χ2n) is 8.61. The van der Waals surface area contributed by atoms with E-state index < -0.39 is 47.9 Å². The van der Waals surface area contributed by atoms with Crippen LogP contribution in [0.25, 0.3) is 0 Å². The molecule has 0 aromatic heterocycles. The lowest BCUT2D eigenvalue weighted by atomic mass is 9.51. The molecule has 1 saturated heterocycles. The van der Waals surface area contributed by atoms with E-state index in [1.54, 1.807) is 30.0 Å². The van der Waals surface area contributed by atoms with Crippen molar-refractivity contribution in [2.45, 2.75) is 76.9 Å². The fraction of sp³-hybridized carbons (Fsp3) is 0.652. The molecule has 1 aromatic carbocycles. The Morgan fingerprint density at radius 1 is 1.31 bits per heavy atom. The second-order valence-corrected chi connectivity index (χ2v) is 8.61. The fourth-order valence-electron chi connectivity index (χ4n) is 5.57. The Bertz CT molecular complexity index is 837. The number of primary amides is 1. The van der Waals surface area contributed by atoms with Crippen molar-refractivity contribution in [3.05, 3.63) is 29.3 Å². The molecule has 2 aliphatic rings. The lowest BCUT2D eigenvalue weighted by Crippen LogP contribution is -2.70. The van der Waals surface area contributed by atoms with Crippen LogP contribution in [-0.4, -0.2) is 58.2 Å². The number of fused-ring (bicyclic) bond motifs is 1. The topological polar surface area (TPSA) is 116 Å². The summed E-state index contributed by atoms with van der Waals surface area (Å²) in [5.41, 5.74) is 4.31. The number of piperidine rings is 1. The van der Waals surface area contributed by atoms with Crippen molar-refractivity contribution < 1.29 is 28.6 Å². The number of carbonyl (C=O) groups excluding carboxylic acids is 2. The van der Waals surface area contributed by atoms with Gasteiger partial charge < -0.3 is 15.9 Å². The van der Waals surface area contributed by atoms with Crippen LogP contribution in [0.3, 0.4) is 0 Å². The molecule has 1 heterocycles. The standard InChI is InChI=1S/C21H29F2N3O4.C2H6/c1-12-3-4-15(27)9-16(12)20-7-8-26(11-17(22)23)13(2)21(20,30)6-5-14(10-20)18(28)25-19(24)29;1-2/h3-4,9,13-14,17,27,30H,5-8,10-11H2,1-2H3,(H3,24,25,28,29);1-2H3. The number of aromatic hydroxyl groups is 1. The summed E-state index contributed by atoms with van der Waals surface area (Å²) in [7, 11) is 0. The summed E-state index contributed by atoms with van der Waals surface area (Å²) >= 11 is 0. The van der Waals surface area contributed by atoms with Gasteiger partial charge in [0.05, 0.1) is 12.1 Å². The van der Waals surface area contributed by atoms with Crippen LogP contribution in [0.2, 0.25) is 0 Å². The maximum Gasteiger partial charge on any atom is 0.318 e. The van der Waals surface area contributed by atoms with Crippen LogP contribution < -0.4 is 11.1 Å². The molecule has 2 fully saturated rings. The number of phenols is 1. The van der Waals surface area contributed by atoms with Crippen LogP contribution in [0.4, 0.5) is 13.6 Å². The number of urea groups is 1. The molecule has 0 spiro atoms. The first kappa shape index (κ1) is 26.0. The van der Waals surface area contributed by atoms with E-state index in [0.29, 0.717) is 24.9 Å². The van der Waals surface area contributed by atoms with E-state index in [9.17, 15) is 28.6 Å². The number of aliphatic hydroxyl groups is 1. The van der Waals surface area contributed by atoms with Gasteiger partial charge >= 0.3 is 6.03 Å². The van der Waals surface area contributed by atoms with Gasteiger partial charge in [-0.1, -0.05) is 19.9 Å². The minimum absolute atomic E-state index is 0.0266. The summed E-state index contributed by atoms with van der Waals surface area (Å²) in [5.74, 6) is -1.06. The summed E-state index contributed by atoms with van der Waals surface area (Å²) in [6.07, 6.45) is -1.48. The van der Waals surface area contributed by atoms with Crippen molar-refractivity contribution in [3.63, 3.8) is 0 Å². The van der Waals surface area contributed by atoms with E-state index in [-0.39, 0.29) is 18.6 Å². The van der Waals surface area contributed by atoms with Gasteiger partial charge in [-0.2, -0.15) is 0 Å². The number of aryl methyl sites for hydroxylation is 1. The number of phenolic OH excluding ortho intramolecular Hbond substituents is 1. The molecule has 180 valence electrons. The van der Waals surface area contributed by atoms with Crippen molar-refractivity contribution in [3.8, 4) is 5.75 Å². The number of alkyl halides is 2. The van der Waals surface area contributed by atoms with E-state index in [4.69, 9.17) is 5.73 Å². The monoisotopic (exact) mass is 455 g/mol. The molecule has 9 heteroatoms. The van der Waals surface area contributed by atoms with Crippen molar-refractivity contribution in [2.75, 3.05) is 13.1 Å². The Morgan fingerprint density at radius 2 is 1.97 bits per heavy atom. The van der Waals surface area contributed by atoms with Gasteiger partial charge in [-0.15, -0.1) is 0 Å². The van der Waals surface area contributed by atoms with Crippen LogP contribution in [0.1, 0.15) is 57.6 Å². The maximum absolute atomic E-state index is 13.1. The molecular formula is C23H35F2N3O4. The number of hydrogen-bond acceptors (Lipinski definition) is 5. The van der Waals surface area contributed by atoms with Crippen molar-refractivity contribution in [2.24, 2.45) is 11.7 Å². The van der Waals surface area contributed by atoms with Gasteiger partial charge in [0.25, 0.3) is 6.43 Å². The summed E-state index contributed by atoms with van der Waals surface area (Å²) in [6, 6.07) is 3.35. The quantitative estimate of drug-likeness (QED) is 0.557. The number of nitrogens with zero attached hydrogens (tertiary/aromatic N) is 1. The lowest BCUT2D eigenvalue weighted by molar-refractivity contribution is -0.171. The van der Waals surface area contributed by atoms with E-state index in [1.165, 1.54) is 0 Å². The van der Waals surface area contributed by atoms with Gasteiger partial charge in [0.1, 0.15) is 5.75 Å². The molecule has 3 rings (SSSR count). The normalized spacial score (nSPS) is 30.1. The minimum atomic E-state index is -2.52. The Morgan fingerprint density at radius 3 is 2.56 bits per heavy atom. The Balaban J connectivity index is 0.00000176. The number of halogens is 2. The van der Waals surface area contributed by atoms with Gasteiger partial charge in [-0.05, 0) is 69.3 Å². The molecule has 0 bridgehead atoms. The first-order valence-corrected chi connectivity index (χ1v) is 11.1. The van der Waals surface area contributed by atoms with E-state index in [0.717, 1.165) is 5.56 Å². The Kier molecular flexibility index (Phi) is 8.22. The van der Waals surface area contributed by atoms with Crippen LogP contribution in [0.15, 0.2) is 18.2 Å². The number of rotatable bonds is 4. The number of benzene rings is 1. The van der Waals surface area contributed by atoms with Crippen molar-refractivity contribution >= 4 is 11.9 Å². The highest BCUT2D eigenvalue weighted by molar-refractivity contribution is 5.94. The third-order valence-electron chi connectivity index (χ3n) is 7.09. The lowest BCUT2D eigenvalue weighted by Gasteiger charge is -2.61. The fourth-order valence-corrected chi connectivity index (χ4v) is 5.57. The number of amides is 3.